The zero-order valence-electron chi connectivity index (χ0n) is 11.3. The van der Waals surface area contributed by atoms with Crippen molar-refractivity contribution >= 4 is 23.0 Å². The molecule has 1 aromatic carbocycles. The molecule has 1 atom stereocenters. The normalized spacial score (nSPS) is 19.1. The predicted molar refractivity (Wildman–Crippen MR) is 84.4 cm³/mol. The Kier molecular flexibility index (Phi) is 3.60. The van der Waals surface area contributed by atoms with E-state index in [0.717, 1.165) is 23.8 Å². The van der Waals surface area contributed by atoms with Crippen molar-refractivity contribution in [3.63, 3.8) is 0 Å². The van der Waals surface area contributed by atoms with Gasteiger partial charge in [0.2, 0.25) is 0 Å². The Morgan fingerprint density at radius 1 is 1.40 bits per heavy atom. The Morgan fingerprint density at radius 2 is 2.30 bits per heavy atom. The van der Waals surface area contributed by atoms with E-state index in [4.69, 9.17) is 17.0 Å². The van der Waals surface area contributed by atoms with Crippen LogP contribution in [0.3, 0.4) is 0 Å². The molecule has 3 N–H and O–H groups in total. The molecule has 3 rings (SSSR count). The van der Waals surface area contributed by atoms with Gasteiger partial charge in [-0.25, -0.2) is 0 Å². The molecule has 5 heteroatoms. The Labute approximate surface area is 123 Å². The van der Waals surface area contributed by atoms with Gasteiger partial charge in [0.1, 0.15) is 5.75 Å². The number of ether oxygens (including phenoxy) is 1. The fourth-order valence-corrected chi connectivity index (χ4v) is 2.68. The van der Waals surface area contributed by atoms with Crippen LogP contribution < -0.4 is 20.9 Å². The van der Waals surface area contributed by atoms with Crippen LogP contribution in [0.4, 0.5) is 5.69 Å². The average molecular weight is 287 g/mol. The fourth-order valence-electron chi connectivity index (χ4n) is 2.51. The van der Waals surface area contributed by atoms with Crippen molar-refractivity contribution in [3.8, 4) is 5.75 Å². The van der Waals surface area contributed by atoms with Crippen LogP contribution in [-0.4, -0.2) is 12.2 Å². The number of anilines is 1. The van der Waals surface area contributed by atoms with Gasteiger partial charge in [-0.05, 0) is 48.7 Å². The Bertz CT molecular complexity index is 595. The number of benzene rings is 1. The molecule has 104 valence electrons. The van der Waals surface area contributed by atoms with Gasteiger partial charge in [-0.15, -0.1) is 0 Å². The first-order chi connectivity index (χ1) is 9.76. The molecule has 0 amide bonds. The number of allylic oxidation sites excluding steroid dienone is 4. The summed E-state index contributed by atoms with van der Waals surface area (Å²) in [5.41, 5.74) is 9.74. The highest BCUT2D eigenvalue weighted by Gasteiger charge is 2.29. The summed E-state index contributed by atoms with van der Waals surface area (Å²) in [6.45, 7) is 0. The van der Waals surface area contributed by atoms with Gasteiger partial charge in [0.25, 0.3) is 0 Å². The lowest BCUT2D eigenvalue weighted by molar-refractivity contribution is 0.415. The minimum atomic E-state index is 0.539. The number of hydrogen-bond acceptors (Lipinski definition) is 3. The molecule has 0 aliphatic heterocycles. The molecular formula is C15H17N3OS. The van der Waals surface area contributed by atoms with Gasteiger partial charge in [0, 0.05) is 17.5 Å². The van der Waals surface area contributed by atoms with E-state index in [2.05, 4.69) is 28.3 Å². The molecule has 2 aliphatic carbocycles. The molecule has 20 heavy (non-hydrogen) atoms. The maximum Gasteiger partial charge on any atom is 0.189 e. The van der Waals surface area contributed by atoms with Crippen molar-refractivity contribution < 1.29 is 4.74 Å². The van der Waals surface area contributed by atoms with Crippen molar-refractivity contribution in [1.29, 1.82) is 0 Å². The van der Waals surface area contributed by atoms with Crippen LogP contribution in [0.2, 0.25) is 0 Å². The van der Waals surface area contributed by atoms with Crippen molar-refractivity contribution in [2.24, 2.45) is 5.92 Å². The van der Waals surface area contributed by atoms with Crippen molar-refractivity contribution in [2.75, 3.05) is 12.4 Å². The zero-order chi connectivity index (χ0) is 13.9. The molecule has 0 spiro atoms. The number of rotatable bonds is 4. The van der Waals surface area contributed by atoms with Crippen LogP contribution in [0.25, 0.3) is 0 Å². The highest BCUT2D eigenvalue weighted by Crippen LogP contribution is 2.40. The maximum atomic E-state index is 5.26. The fraction of sp³-hybridized carbons (Fsp3) is 0.267. The van der Waals surface area contributed by atoms with E-state index in [9.17, 15) is 0 Å². The molecule has 0 bridgehead atoms. The summed E-state index contributed by atoms with van der Waals surface area (Å²) >= 11 is 5.26. The lowest BCUT2D eigenvalue weighted by atomic mass is 9.84. The lowest BCUT2D eigenvalue weighted by Gasteiger charge is -2.29. The second-order valence-electron chi connectivity index (χ2n) is 4.91. The monoisotopic (exact) mass is 287 g/mol. The van der Waals surface area contributed by atoms with Gasteiger partial charge in [-0.1, -0.05) is 18.2 Å². The Morgan fingerprint density at radius 3 is 3.10 bits per heavy atom. The number of fused-ring (bicyclic) bond motifs is 1. The zero-order valence-corrected chi connectivity index (χ0v) is 12.1. The molecule has 0 radical (unpaired) electrons. The highest BCUT2D eigenvalue weighted by atomic mass is 32.1. The third-order valence-corrected chi connectivity index (χ3v) is 3.82. The van der Waals surface area contributed by atoms with E-state index in [-0.39, 0.29) is 0 Å². The van der Waals surface area contributed by atoms with Crippen LogP contribution in [0.15, 0.2) is 47.7 Å². The molecular weight excluding hydrogens is 270 g/mol. The van der Waals surface area contributed by atoms with E-state index in [0.29, 0.717) is 5.11 Å². The average Bonchev–Trinajstić information content (AvgIpc) is 2.81. The van der Waals surface area contributed by atoms with E-state index in [1.165, 1.54) is 17.7 Å². The molecule has 4 nitrogen and oxygen atoms in total. The summed E-state index contributed by atoms with van der Waals surface area (Å²) in [7, 11) is 1.65. The number of thiocarbonyl (C=S) groups is 1. The molecule has 0 aromatic heterocycles. The molecule has 0 saturated heterocycles. The summed E-state index contributed by atoms with van der Waals surface area (Å²) < 4.78 is 5.17. The summed E-state index contributed by atoms with van der Waals surface area (Å²) in [6, 6.07) is 7.65. The maximum absolute atomic E-state index is 5.26. The molecule has 0 saturated carbocycles. The SMILES string of the molecule is COc1cccc(NC(=S)NNC2=C3C=CC[C@@H]3C2)c1. The Hall–Kier alpha value is -2.01. The molecule has 0 fully saturated rings. The van der Waals surface area contributed by atoms with Crippen molar-refractivity contribution in [1.82, 2.24) is 10.9 Å². The highest BCUT2D eigenvalue weighted by molar-refractivity contribution is 7.80. The van der Waals surface area contributed by atoms with Crippen LogP contribution in [0.1, 0.15) is 12.8 Å². The first-order valence-electron chi connectivity index (χ1n) is 6.63. The van der Waals surface area contributed by atoms with Crippen LogP contribution >= 0.6 is 12.2 Å². The smallest absolute Gasteiger partial charge is 0.189 e. The standard InChI is InChI=1S/C15H17N3OS/c1-19-12-6-3-5-11(9-12)16-15(20)18-17-14-8-10-4-2-7-13(10)14/h2-3,5-7,9-10,17H,4,8H2,1H3,(H2,16,18,20)/t10-/m1/s1. The van der Waals surface area contributed by atoms with Crippen LogP contribution in [0, 0.1) is 5.92 Å². The van der Waals surface area contributed by atoms with Gasteiger partial charge in [0.15, 0.2) is 5.11 Å². The lowest BCUT2D eigenvalue weighted by Crippen LogP contribution is -2.42. The van der Waals surface area contributed by atoms with Gasteiger partial charge in [-0.3, -0.25) is 5.43 Å². The largest absolute Gasteiger partial charge is 0.497 e. The van der Waals surface area contributed by atoms with Gasteiger partial charge < -0.3 is 15.5 Å². The minimum Gasteiger partial charge on any atom is -0.497 e. The predicted octanol–water partition coefficient (Wildman–Crippen LogP) is 2.72. The van der Waals surface area contributed by atoms with Crippen molar-refractivity contribution in [2.45, 2.75) is 12.8 Å². The summed E-state index contributed by atoms with van der Waals surface area (Å²) in [5.74, 6) is 1.52. The van der Waals surface area contributed by atoms with E-state index in [1.54, 1.807) is 7.11 Å². The van der Waals surface area contributed by atoms with E-state index >= 15 is 0 Å². The van der Waals surface area contributed by atoms with E-state index < -0.39 is 0 Å². The summed E-state index contributed by atoms with van der Waals surface area (Å²) in [6.07, 6.45) is 6.68. The third-order valence-electron chi connectivity index (χ3n) is 3.61. The van der Waals surface area contributed by atoms with E-state index in [1.807, 2.05) is 24.3 Å². The summed E-state index contributed by atoms with van der Waals surface area (Å²) in [5, 5.41) is 3.66. The topological polar surface area (TPSA) is 45.3 Å². The Balaban J connectivity index is 1.52. The minimum absolute atomic E-state index is 0.539. The number of hydrazine groups is 1. The molecule has 1 aromatic rings. The van der Waals surface area contributed by atoms with Gasteiger partial charge >= 0.3 is 0 Å². The molecule has 2 aliphatic rings. The number of hydrogen-bond donors (Lipinski definition) is 3. The van der Waals surface area contributed by atoms with Gasteiger partial charge in [0.05, 0.1) is 7.11 Å². The quantitative estimate of drug-likeness (QED) is 0.587. The van der Waals surface area contributed by atoms with Crippen LogP contribution in [-0.2, 0) is 0 Å². The third kappa shape index (κ3) is 2.63. The summed E-state index contributed by atoms with van der Waals surface area (Å²) in [4.78, 5) is 0. The molecule has 0 heterocycles. The molecule has 0 unspecified atom stereocenters. The second kappa shape index (κ2) is 5.54. The van der Waals surface area contributed by atoms with Crippen molar-refractivity contribution in [3.05, 3.63) is 47.7 Å². The number of nitrogens with one attached hydrogen (secondary N) is 3. The van der Waals surface area contributed by atoms with Crippen LogP contribution in [0.5, 0.6) is 5.75 Å². The number of methoxy groups -OCH3 is 1. The first kappa shape index (κ1) is 13.0. The van der Waals surface area contributed by atoms with Gasteiger partial charge in [-0.2, -0.15) is 0 Å². The first-order valence-corrected chi connectivity index (χ1v) is 7.04. The second-order valence-corrected chi connectivity index (χ2v) is 5.32.